The molecule has 1 aromatic carbocycles. The van der Waals surface area contributed by atoms with Gasteiger partial charge in [-0.05, 0) is 31.1 Å². The van der Waals surface area contributed by atoms with Crippen molar-refractivity contribution in [2.75, 3.05) is 6.54 Å². The molecule has 0 saturated carbocycles. The van der Waals surface area contributed by atoms with Gasteiger partial charge in [0, 0.05) is 33.6 Å². The number of halogens is 2. The third-order valence-corrected chi connectivity index (χ3v) is 4.10. The molecule has 1 saturated heterocycles. The fraction of sp³-hybridized carbons (Fsp3) is 0.200. The first-order chi connectivity index (χ1) is 10.5. The summed E-state index contributed by atoms with van der Waals surface area (Å²) in [6, 6.07) is 3.16. The Kier molecular flexibility index (Phi) is 3.85. The zero-order valence-electron chi connectivity index (χ0n) is 11.4. The van der Waals surface area contributed by atoms with E-state index in [2.05, 4.69) is 10.3 Å². The Morgan fingerprint density at radius 1 is 1.32 bits per heavy atom. The summed E-state index contributed by atoms with van der Waals surface area (Å²) in [5.74, 6) is -1.30. The van der Waals surface area contributed by atoms with Crippen LogP contribution in [0.5, 0.6) is 0 Å². The van der Waals surface area contributed by atoms with Crippen LogP contribution in [0.2, 0.25) is 10.0 Å². The molecular weight excluding hydrogens is 327 g/mol. The number of carbonyl (C=O) groups excluding carboxylic acids is 1. The molecule has 0 atom stereocenters. The van der Waals surface area contributed by atoms with Crippen molar-refractivity contribution in [3.63, 3.8) is 0 Å². The van der Waals surface area contributed by atoms with Crippen molar-refractivity contribution in [2.24, 2.45) is 0 Å². The molecule has 3 rings (SSSR count). The summed E-state index contributed by atoms with van der Waals surface area (Å²) in [4.78, 5) is 26.2. The van der Waals surface area contributed by atoms with E-state index in [0.717, 1.165) is 6.42 Å². The van der Waals surface area contributed by atoms with Gasteiger partial charge in [-0.3, -0.25) is 4.79 Å². The van der Waals surface area contributed by atoms with E-state index in [0.29, 0.717) is 45.1 Å². The maximum absolute atomic E-state index is 11.9. The van der Waals surface area contributed by atoms with Crippen LogP contribution in [0.15, 0.2) is 17.7 Å². The minimum atomic E-state index is -1.12. The predicted octanol–water partition coefficient (Wildman–Crippen LogP) is 3.47. The molecular formula is C15H12Cl2N2O3. The quantitative estimate of drug-likeness (QED) is 0.733. The van der Waals surface area contributed by atoms with Crippen molar-refractivity contribution in [3.05, 3.63) is 39.0 Å². The normalized spacial score (nSPS) is 17.0. The zero-order chi connectivity index (χ0) is 15.9. The number of benzene rings is 1. The number of rotatable bonds is 2. The second-order valence-corrected chi connectivity index (χ2v) is 5.90. The summed E-state index contributed by atoms with van der Waals surface area (Å²) in [7, 11) is 0. The van der Waals surface area contributed by atoms with Gasteiger partial charge >= 0.3 is 5.97 Å². The Balaban J connectivity index is 2.26. The topological polar surface area (TPSA) is 82.2 Å². The minimum Gasteiger partial charge on any atom is -0.477 e. The van der Waals surface area contributed by atoms with Gasteiger partial charge in [-0.25, -0.2) is 4.79 Å². The van der Waals surface area contributed by atoms with Crippen LogP contribution < -0.4 is 5.32 Å². The molecule has 3 N–H and O–H groups in total. The lowest BCUT2D eigenvalue weighted by atomic mass is 10.0. The van der Waals surface area contributed by atoms with Gasteiger partial charge in [0.25, 0.3) is 0 Å². The highest BCUT2D eigenvalue weighted by molar-refractivity contribution is 6.39. The standard InChI is InChI=1S/C15H12Cl2N2O3/c16-8-5-10(17)12-9(4-7-2-1-3-18-14(7)20)13(15(21)22)19-11(12)6-8/h4-6,19H,1-3H2,(H,18,20)(H,21,22). The second kappa shape index (κ2) is 5.66. The first-order valence-corrected chi connectivity index (χ1v) is 7.45. The van der Waals surface area contributed by atoms with Crippen LogP contribution >= 0.6 is 23.2 Å². The van der Waals surface area contributed by atoms with Crippen LogP contribution in [0.3, 0.4) is 0 Å². The maximum atomic E-state index is 11.9. The van der Waals surface area contributed by atoms with Gasteiger partial charge in [0.15, 0.2) is 0 Å². The Hall–Kier alpha value is -1.98. The number of H-pyrrole nitrogens is 1. The van der Waals surface area contributed by atoms with E-state index < -0.39 is 5.97 Å². The van der Waals surface area contributed by atoms with E-state index in [1.807, 2.05) is 0 Å². The monoisotopic (exact) mass is 338 g/mol. The lowest BCUT2D eigenvalue weighted by Gasteiger charge is -2.14. The first-order valence-electron chi connectivity index (χ1n) is 6.70. The smallest absolute Gasteiger partial charge is 0.352 e. The Labute approximate surface area is 135 Å². The molecule has 7 heteroatoms. The van der Waals surface area contributed by atoms with Crippen molar-refractivity contribution in [1.82, 2.24) is 10.3 Å². The fourth-order valence-electron chi connectivity index (χ4n) is 2.61. The van der Waals surface area contributed by atoms with Crippen LogP contribution in [0.4, 0.5) is 0 Å². The van der Waals surface area contributed by atoms with Crippen molar-refractivity contribution >= 4 is 52.1 Å². The van der Waals surface area contributed by atoms with Crippen LogP contribution in [0.25, 0.3) is 17.0 Å². The summed E-state index contributed by atoms with van der Waals surface area (Å²) >= 11 is 12.2. The highest BCUT2D eigenvalue weighted by Crippen LogP contribution is 2.34. The minimum absolute atomic E-state index is 0.00922. The van der Waals surface area contributed by atoms with Crippen molar-refractivity contribution in [2.45, 2.75) is 12.8 Å². The molecule has 0 unspecified atom stereocenters. The fourth-order valence-corrected chi connectivity index (χ4v) is 3.20. The molecule has 0 spiro atoms. The first kappa shape index (κ1) is 14.9. The average Bonchev–Trinajstić information content (AvgIpc) is 2.80. The lowest BCUT2D eigenvalue weighted by Crippen LogP contribution is -2.30. The Morgan fingerprint density at radius 2 is 2.09 bits per heavy atom. The number of amides is 1. The molecule has 0 aliphatic carbocycles. The van der Waals surface area contributed by atoms with Gasteiger partial charge in [-0.15, -0.1) is 0 Å². The Bertz CT molecular complexity index is 824. The van der Waals surface area contributed by atoms with Gasteiger partial charge < -0.3 is 15.4 Å². The van der Waals surface area contributed by atoms with E-state index in [4.69, 9.17) is 23.2 Å². The van der Waals surface area contributed by atoms with Gasteiger partial charge in [-0.2, -0.15) is 0 Å². The number of carboxylic acids is 1. The molecule has 1 fully saturated rings. The number of hydrogen-bond acceptors (Lipinski definition) is 2. The van der Waals surface area contributed by atoms with Crippen molar-refractivity contribution < 1.29 is 14.7 Å². The van der Waals surface area contributed by atoms with Crippen molar-refractivity contribution in [1.29, 1.82) is 0 Å². The molecule has 1 aliphatic heterocycles. The van der Waals surface area contributed by atoms with E-state index in [-0.39, 0.29) is 11.6 Å². The van der Waals surface area contributed by atoms with E-state index in [1.165, 1.54) is 0 Å². The molecule has 114 valence electrons. The number of piperidine rings is 1. The molecule has 5 nitrogen and oxygen atoms in total. The molecule has 2 aromatic rings. The van der Waals surface area contributed by atoms with Crippen LogP contribution in [-0.4, -0.2) is 28.5 Å². The molecule has 1 aromatic heterocycles. The maximum Gasteiger partial charge on any atom is 0.352 e. The molecule has 22 heavy (non-hydrogen) atoms. The van der Waals surface area contributed by atoms with Crippen LogP contribution in [0.1, 0.15) is 28.9 Å². The summed E-state index contributed by atoms with van der Waals surface area (Å²) < 4.78 is 0. The van der Waals surface area contributed by atoms with Gasteiger partial charge in [0.05, 0.1) is 5.02 Å². The summed E-state index contributed by atoms with van der Waals surface area (Å²) in [5, 5.41) is 13.4. The largest absolute Gasteiger partial charge is 0.477 e. The molecule has 0 radical (unpaired) electrons. The van der Waals surface area contributed by atoms with E-state index in [9.17, 15) is 14.7 Å². The number of carboxylic acid groups (broad SMARTS) is 1. The molecule has 0 bridgehead atoms. The number of nitrogens with one attached hydrogen (secondary N) is 2. The van der Waals surface area contributed by atoms with E-state index in [1.54, 1.807) is 18.2 Å². The number of aromatic carboxylic acids is 1. The molecule has 1 aliphatic rings. The number of carbonyl (C=O) groups is 2. The highest BCUT2D eigenvalue weighted by Gasteiger charge is 2.21. The summed E-state index contributed by atoms with van der Waals surface area (Å²) in [5.41, 5.74) is 1.46. The zero-order valence-corrected chi connectivity index (χ0v) is 12.9. The molecule has 2 heterocycles. The lowest BCUT2D eigenvalue weighted by molar-refractivity contribution is -0.118. The average molecular weight is 339 g/mol. The predicted molar refractivity (Wildman–Crippen MR) is 85.5 cm³/mol. The van der Waals surface area contributed by atoms with Gasteiger partial charge in [0.1, 0.15) is 5.69 Å². The second-order valence-electron chi connectivity index (χ2n) is 5.06. The van der Waals surface area contributed by atoms with Crippen molar-refractivity contribution in [3.8, 4) is 0 Å². The number of aromatic amines is 1. The Morgan fingerprint density at radius 3 is 2.77 bits per heavy atom. The van der Waals surface area contributed by atoms with Crippen LogP contribution in [0, 0.1) is 0 Å². The number of hydrogen-bond donors (Lipinski definition) is 3. The van der Waals surface area contributed by atoms with Gasteiger partial charge in [0.2, 0.25) is 5.91 Å². The number of aromatic nitrogens is 1. The molecule has 1 amide bonds. The summed E-state index contributed by atoms with van der Waals surface area (Å²) in [6.07, 6.45) is 3.02. The SMILES string of the molecule is O=C1NCCCC1=Cc1c(C(=O)O)[nH]c2cc(Cl)cc(Cl)c12. The number of fused-ring (bicyclic) bond motifs is 1. The van der Waals surface area contributed by atoms with E-state index >= 15 is 0 Å². The van der Waals surface area contributed by atoms with Gasteiger partial charge in [-0.1, -0.05) is 23.2 Å². The van der Waals surface area contributed by atoms with Crippen LogP contribution in [-0.2, 0) is 4.79 Å². The highest BCUT2D eigenvalue weighted by atomic mass is 35.5. The summed E-state index contributed by atoms with van der Waals surface area (Å²) in [6.45, 7) is 0.631. The third kappa shape index (κ3) is 2.58. The third-order valence-electron chi connectivity index (χ3n) is 3.59.